The monoisotopic (exact) mass is 112 g/mol. The number of hydrogen-bond acceptors (Lipinski definition) is 2. The van der Waals surface area contributed by atoms with Gasteiger partial charge in [-0.3, -0.25) is 9.59 Å². The van der Waals surface area contributed by atoms with E-state index in [-0.39, 0.29) is 18.0 Å². The lowest BCUT2D eigenvalue weighted by Crippen LogP contribution is -2.45. The van der Waals surface area contributed by atoms with Crippen LogP contribution >= 0.6 is 0 Å². The number of Topliss-reactive ketones (excluding diaryl/α,β-unsaturated/α-hetero) is 2. The Labute approximate surface area is 47.9 Å². The van der Waals surface area contributed by atoms with Crippen LogP contribution in [0.15, 0.2) is 0 Å². The highest BCUT2D eigenvalue weighted by Gasteiger charge is 2.45. The number of carbonyl (C=O) groups is 2. The van der Waals surface area contributed by atoms with Crippen molar-refractivity contribution in [1.29, 1.82) is 0 Å². The number of carbonyl (C=O) groups excluding carboxylic acids is 2. The molecule has 1 rings (SSSR count). The van der Waals surface area contributed by atoms with Gasteiger partial charge in [0.15, 0.2) is 11.6 Å². The van der Waals surface area contributed by atoms with Crippen LogP contribution in [0.1, 0.15) is 20.3 Å². The highest BCUT2D eigenvalue weighted by Crippen LogP contribution is 2.31. The van der Waals surface area contributed by atoms with Crippen molar-refractivity contribution in [3.63, 3.8) is 0 Å². The van der Waals surface area contributed by atoms with Crippen molar-refractivity contribution in [3.8, 4) is 0 Å². The molecule has 1 fully saturated rings. The van der Waals surface area contributed by atoms with Gasteiger partial charge >= 0.3 is 0 Å². The summed E-state index contributed by atoms with van der Waals surface area (Å²) < 4.78 is 0. The first-order chi connectivity index (χ1) is 3.55. The summed E-state index contributed by atoms with van der Waals surface area (Å²) in [6, 6.07) is 0. The molecule has 8 heavy (non-hydrogen) atoms. The minimum atomic E-state index is -0.639. The molecule has 0 unspecified atom stereocenters. The first-order valence-electron chi connectivity index (χ1n) is 2.62. The van der Waals surface area contributed by atoms with E-state index in [4.69, 9.17) is 0 Å². The molecule has 1 aliphatic carbocycles. The molecule has 0 amide bonds. The standard InChI is InChI=1S/C6H8O2/c1-6(2)4(7)3-5(6)8/h3H2,1-2H3. The van der Waals surface area contributed by atoms with Crippen molar-refractivity contribution in [2.45, 2.75) is 20.3 Å². The average molecular weight is 112 g/mol. The molecule has 2 heteroatoms. The van der Waals surface area contributed by atoms with E-state index in [2.05, 4.69) is 0 Å². The van der Waals surface area contributed by atoms with E-state index in [0.29, 0.717) is 0 Å². The zero-order valence-corrected chi connectivity index (χ0v) is 5.02. The number of hydrogen-bond donors (Lipinski definition) is 0. The molecule has 0 aromatic rings. The van der Waals surface area contributed by atoms with Gasteiger partial charge in [-0.15, -0.1) is 0 Å². The smallest absolute Gasteiger partial charge is 0.153 e. The predicted molar refractivity (Wildman–Crippen MR) is 28.4 cm³/mol. The first-order valence-corrected chi connectivity index (χ1v) is 2.62. The topological polar surface area (TPSA) is 34.1 Å². The van der Waals surface area contributed by atoms with E-state index in [1.54, 1.807) is 13.8 Å². The Hall–Kier alpha value is -0.660. The maximum atomic E-state index is 10.5. The van der Waals surface area contributed by atoms with E-state index in [0.717, 1.165) is 0 Å². The summed E-state index contributed by atoms with van der Waals surface area (Å²) in [5.74, 6) is 0.144. The van der Waals surface area contributed by atoms with Crippen molar-refractivity contribution in [2.24, 2.45) is 5.41 Å². The maximum Gasteiger partial charge on any atom is 0.153 e. The Bertz CT molecular complexity index is 140. The maximum absolute atomic E-state index is 10.5. The van der Waals surface area contributed by atoms with Crippen LogP contribution in [0.4, 0.5) is 0 Å². The van der Waals surface area contributed by atoms with Gasteiger partial charge in [0.1, 0.15) is 0 Å². The summed E-state index contributed by atoms with van der Waals surface area (Å²) in [5.41, 5.74) is -0.639. The Morgan fingerprint density at radius 2 is 1.62 bits per heavy atom. The lowest BCUT2D eigenvalue weighted by Gasteiger charge is -2.29. The van der Waals surface area contributed by atoms with Gasteiger partial charge in [0.2, 0.25) is 0 Å². The van der Waals surface area contributed by atoms with E-state index < -0.39 is 5.41 Å². The third-order valence-electron chi connectivity index (χ3n) is 1.72. The predicted octanol–water partition coefficient (Wildman–Crippen LogP) is 0.554. The van der Waals surface area contributed by atoms with Gasteiger partial charge in [-0.1, -0.05) is 0 Å². The molecule has 0 bridgehead atoms. The van der Waals surface area contributed by atoms with Crippen molar-refractivity contribution < 1.29 is 9.59 Å². The normalized spacial score (nSPS) is 25.2. The van der Waals surface area contributed by atoms with Crippen molar-refractivity contribution in [1.82, 2.24) is 0 Å². The van der Waals surface area contributed by atoms with Gasteiger partial charge in [0.25, 0.3) is 0 Å². The van der Waals surface area contributed by atoms with Crippen LogP contribution in [0.2, 0.25) is 0 Å². The third-order valence-corrected chi connectivity index (χ3v) is 1.72. The molecule has 0 aromatic carbocycles. The summed E-state index contributed by atoms with van der Waals surface area (Å²) in [7, 11) is 0. The molecule has 2 nitrogen and oxygen atoms in total. The van der Waals surface area contributed by atoms with Gasteiger partial charge in [0.05, 0.1) is 11.8 Å². The Morgan fingerprint density at radius 1 is 1.25 bits per heavy atom. The van der Waals surface area contributed by atoms with Crippen LogP contribution in [-0.2, 0) is 9.59 Å². The second kappa shape index (κ2) is 1.19. The van der Waals surface area contributed by atoms with E-state index in [1.165, 1.54) is 0 Å². The molecule has 0 radical (unpaired) electrons. The summed E-state index contributed by atoms with van der Waals surface area (Å²) in [6.45, 7) is 3.34. The second-order valence-corrected chi connectivity index (χ2v) is 2.65. The zero-order valence-electron chi connectivity index (χ0n) is 5.02. The Morgan fingerprint density at radius 3 is 1.62 bits per heavy atom. The van der Waals surface area contributed by atoms with E-state index in [9.17, 15) is 9.59 Å². The fourth-order valence-corrected chi connectivity index (χ4v) is 0.637. The van der Waals surface area contributed by atoms with E-state index in [1.807, 2.05) is 0 Å². The first kappa shape index (κ1) is 5.48. The Kier molecular flexibility index (Phi) is 0.813. The lowest BCUT2D eigenvalue weighted by molar-refractivity contribution is -0.150. The highest BCUT2D eigenvalue weighted by molar-refractivity contribution is 6.24. The van der Waals surface area contributed by atoms with Gasteiger partial charge in [-0.05, 0) is 13.8 Å². The van der Waals surface area contributed by atoms with Gasteiger partial charge in [0, 0.05) is 0 Å². The van der Waals surface area contributed by atoms with Crippen LogP contribution in [0.3, 0.4) is 0 Å². The molecular formula is C6H8O2. The van der Waals surface area contributed by atoms with Gasteiger partial charge in [-0.25, -0.2) is 0 Å². The third kappa shape index (κ3) is 0.427. The van der Waals surface area contributed by atoms with Crippen LogP contribution in [0.25, 0.3) is 0 Å². The molecule has 0 atom stereocenters. The quantitative estimate of drug-likeness (QED) is 0.429. The molecule has 0 N–H and O–H groups in total. The molecule has 1 aliphatic rings. The van der Waals surface area contributed by atoms with Gasteiger partial charge in [-0.2, -0.15) is 0 Å². The van der Waals surface area contributed by atoms with Crippen molar-refractivity contribution in [2.75, 3.05) is 0 Å². The number of rotatable bonds is 0. The van der Waals surface area contributed by atoms with E-state index >= 15 is 0 Å². The molecular weight excluding hydrogens is 104 g/mol. The van der Waals surface area contributed by atoms with Crippen LogP contribution < -0.4 is 0 Å². The summed E-state index contributed by atoms with van der Waals surface area (Å²) in [4.78, 5) is 21.1. The second-order valence-electron chi connectivity index (χ2n) is 2.65. The van der Waals surface area contributed by atoms with Crippen molar-refractivity contribution in [3.05, 3.63) is 0 Å². The minimum Gasteiger partial charge on any atom is -0.298 e. The fourth-order valence-electron chi connectivity index (χ4n) is 0.637. The minimum absolute atomic E-state index is 0.0718. The molecule has 1 saturated carbocycles. The lowest BCUT2D eigenvalue weighted by atomic mass is 9.70. The molecule has 0 aliphatic heterocycles. The summed E-state index contributed by atoms with van der Waals surface area (Å²) >= 11 is 0. The fraction of sp³-hybridized carbons (Fsp3) is 0.667. The van der Waals surface area contributed by atoms with Crippen LogP contribution in [0, 0.1) is 5.41 Å². The highest BCUT2D eigenvalue weighted by atomic mass is 16.2. The molecule has 0 heterocycles. The largest absolute Gasteiger partial charge is 0.298 e. The number of ketones is 2. The molecule has 44 valence electrons. The molecule has 0 spiro atoms. The van der Waals surface area contributed by atoms with Crippen molar-refractivity contribution >= 4 is 11.6 Å². The molecule has 0 aromatic heterocycles. The van der Waals surface area contributed by atoms with Gasteiger partial charge < -0.3 is 0 Å². The molecule has 0 saturated heterocycles. The zero-order chi connectivity index (χ0) is 6.36. The summed E-state index contributed by atoms with van der Waals surface area (Å²) in [6.07, 6.45) is 0.160. The van der Waals surface area contributed by atoms with Crippen LogP contribution in [-0.4, -0.2) is 11.6 Å². The SMILES string of the molecule is CC1(C)C(=O)CC1=O. The average Bonchev–Trinajstić information content (AvgIpc) is 1.68. The van der Waals surface area contributed by atoms with Crippen LogP contribution in [0.5, 0.6) is 0 Å². The Balaban J connectivity index is 2.81. The summed E-state index contributed by atoms with van der Waals surface area (Å²) in [5, 5.41) is 0.